The van der Waals surface area contributed by atoms with Gasteiger partial charge in [-0.05, 0) is 62.7 Å². The number of sulfonamides is 1. The van der Waals surface area contributed by atoms with Crippen molar-refractivity contribution in [2.24, 2.45) is 0 Å². The van der Waals surface area contributed by atoms with Crippen molar-refractivity contribution in [3.63, 3.8) is 0 Å². The van der Waals surface area contributed by atoms with Crippen molar-refractivity contribution >= 4 is 33.4 Å². The highest BCUT2D eigenvalue weighted by Crippen LogP contribution is 2.39. The Balaban J connectivity index is 1.97. The first-order valence-electron chi connectivity index (χ1n) is 10.9. The van der Waals surface area contributed by atoms with Crippen LogP contribution in [0.25, 0.3) is 0 Å². The summed E-state index contributed by atoms with van der Waals surface area (Å²) < 4.78 is 91.3. The Kier molecular flexibility index (Phi) is 7.63. The van der Waals surface area contributed by atoms with Crippen LogP contribution in [-0.4, -0.2) is 51.4 Å². The zero-order valence-electron chi connectivity index (χ0n) is 20.3. The second-order valence-corrected chi connectivity index (χ2v) is 10.7. The summed E-state index contributed by atoms with van der Waals surface area (Å²) in [6, 6.07) is 7.05. The number of fused-ring (bicyclic) bond motifs is 1. The number of nitrogens with one attached hydrogen (secondary N) is 2. The fourth-order valence-electron chi connectivity index (χ4n) is 3.32. The largest absolute Gasteiger partial charge is 0.484 e. The highest BCUT2D eigenvalue weighted by Gasteiger charge is 2.51. The number of halogens is 4. The van der Waals surface area contributed by atoms with Crippen LogP contribution in [0.5, 0.6) is 5.75 Å². The average molecular weight is 548 g/mol. The van der Waals surface area contributed by atoms with Crippen molar-refractivity contribution in [2.45, 2.75) is 50.5 Å². The van der Waals surface area contributed by atoms with Gasteiger partial charge in [-0.3, -0.25) is 14.4 Å². The summed E-state index contributed by atoms with van der Waals surface area (Å²) in [5.74, 6) is -0.895. The lowest BCUT2D eigenvalue weighted by molar-refractivity contribution is -0.242. The molecule has 1 atom stereocenters. The first-order chi connectivity index (χ1) is 17.0. The number of amides is 2. The van der Waals surface area contributed by atoms with Gasteiger partial charge in [-0.15, -0.1) is 0 Å². The maximum atomic E-state index is 13.8. The lowest BCUT2D eigenvalue weighted by atomic mass is 10.1. The third-order valence-electron chi connectivity index (χ3n) is 5.46. The van der Waals surface area contributed by atoms with Crippen LogP contribution in [0.15, 0.2) is 41.3 Å². The standard InChI is InChI=1S/C23H25F4N3O6S/c1-13-9-17(6-7-18(13)24)37(33,34)30-12-16(11-28-14(2)31)35-20-8-5-15(10-19(20)30)29-21(32)36-22(3,4)23(25,26)27/h5-10,16H,11-12H2,1-4H3,(H,28,31)(H,29,32)/t16-/m0/s1. The number of hydrogen-bond acceptors (Lipinski definition) is 6. The first kappa shape index (κ1) is 28.0. The van der Waals surface area contributed by atoms with E-state index in [0.717, 1.165) is 22.5 Å². The Bertz CT molecular complexity index is 1310. The van der Waals surface area contributed by atoms with Crippen LogP contribution in [0, 0.1) is 12.7 Å². The molecule has 0 unspecified atom stereocenters. The number of anilines is 2. The van der Waals surface area contributed by atoms with Crippen molar-refractivity contribution in [1.82, 2.24) is 5.32 Å². The van der Waals surface area contributed by atoms with E-state index in [9.17, 15) is 35.6 Å². The smallest absolute Gasteiger partial charge is 0.427 e. The van der Waals surface area contributed by atoms with E-state index in [1.807, 2.05) is 0 Å². The number of rotatable bonds is 6. The van der Waals surface area contributed by atoms with E-state index in [2.05, 4.69) is 15.4 Å². The molecule has 37 heavy (non-hydrogen) atoms. The topological polar surface area (TPSA) is 114 Å². The van der Waals surface area contributed by atoms with Crippen molar-refractivity contribution in [2.75, 3.05) is 22.7 Å². The molecule has 0 fully saturated rings. The lowest BCUT2D eigenvalue weighted by Gasteiger charge is -2.36. The highest BCUT2D eigenvalue weighted by atomic mass is 32.2. The molecule has 0 saturated carbocycles. The molecule has 202 valence electrons. The molecule has 2 amide bonds. The fraction of sp³-hybridized carbons (Fsp3) is 0.391. The number of benzene rings is 2. The van der Waals surface area contributed by atoms with E-state index in [0.29, 0.717) is 13.8 Å². The van der Waals surface area contributed by atoms with Crippen molar-refractivity contribution in [3.05, 3.63) is 47.8 Å². The minimum Gasteiger partial charge on any atom is -0.484 e. The van der Waals surface area contributed by atoms with Gasteiger partial charge in [0.1, 0.15) is 17.7 Å². The average Bonchev–Trinajstić information content (AvgIpc) is 2.77. The van der Waals surface area contributed by atoms with E-state index < -0.39 is 39.8 Å². The van der Waals surface area contributed by atoms with Gasteiger partial charge in [0.15, 0.2) is 0 Å². The molecule has 0 aliphatic carbocycles. The number of aryl methyl sites for hydroxylation is 1. The van der Waals surface area contributed by atoms with E-state index in [4.69, 9.17) is 4.74 Å². The molecule has 1 aliphatic heterocycles. The molecule has 9 nitrogen and oxygen atoms in total. The fourth-order valence-corrected chi connectivity index (χ4v) is 4.90. The molecule has 2 aromatic carbocycles. The first-order valence-corrected chi connectivity index (χ1v) is 12.4. The van der Waals surface area contributed by atoms with E-state index in [1.165, 1.54) is 32.0 Å². The van der Waals surface area contributed by atoms with Crippen molar-refractivity contribution < 1.29 is 45.0 Å². The molecule has 14 heteroatoms. The number of hydrogen-bond donors (Lipinski definition) is 2. The normalized spacial score (nSPS) is 15.9. The molecule has 0 saturated heterocycles. The van der Waals surface area contributed by atoms with Crippen molar-refractivity contribution in [1.29, 1.82) is 0 Å². The molecule has 0 bridgehead atoms. The van der Waals surface area contributed by atoms with Gasteiger partial charge in [-0.25, -0.2) is 17.6 Å². The summed E-state index contributed by atoms with van der Waals surface area (Å²) in [5, 5.41) is 4.70. The summed E-state index contributed by atoms with van der Waals surface area (Å²) in [5.41, 5.74) is -2.79. The molecule has 1 heterocycles. The number of carbonyl (C=O) groups excluding carboxylic acids is 2. The Morgan fingerprint density at radius 2 is 1.84 bits per heavy atom. The van der Waals surface area contributed by atoms with Gasteiger partial charge in [-0.2, -0.15) is 13.2 Å². The minimum atomic E-state index is -4.82. The second kappa shape index (κ2) is 10.1. The SMILES string of the molecule is CC(=O)NC[C@H]1CN(S(=O)(=O)c2ccc(F)c(C)c2)c2cc(NC(=O)OC(C)(C)C(F)(F)F)ccc2O1. The van der Waals surface area contributed by atoms with E-state index in [-0.39, 0.29) is 46.6 Å². The van der Waals surface area contributed by atoms with Crippen LogP contribution >= 0.6 is 0 Å². The van der Waals surface area contributed by atoms with Gasteiger partial charge in [-0.1, -0.05) is 0 Å². The maximum Gasteiger partial charge on any atom is 0.427 e. The quantitative estimate of drug-likeness (QED) is 0.526. The van der Waals surface area contributed by atoms with Gasteiger partial charge >= 0.3 is 12.3 Å². The summed E-state index contributed by atoms with van der Waals surface area (Å²) in [7, 11) is -4.30. The Labute approximate surface area is 210 Å². The monoisotopic (exact) mass is 547 g/mol. The van der Waals surface area contributed by atoms with Gasteiger partial charge in [0.25, 0.3) is 10.0 Å². The third-order valence-corrected chi connectivity index (χ3v) is 7.24. The zero-order chi connectivity index (χ0) is 27.8. The van der Waals surface area contributed by atoms with Crippen LogP contribution in [0.4, 0.5) is 33.7 Å². The predicted octanol–water partition coefficient (Wildman–Crippen LogP) is 4.12. The van der Waals surface area contributed by atoms with Gasteiger partial charge < -0.3 is 14.8 Å². The minimum absolute atomic E-state index is 0.0257. The lowest BCUT2D eigenvalue weighted by Crippen LogP contribution is -2.48. The maximum absolute atomic E-state index is 13.8. The summed E-state index contributed by atoms with van der Waals surface area (Å²) in [4.78, 5) is 23.3. The molecule has 0 radical (unpaired) electrons. The molecule has 2 aromatic rings. The molecule has 1 aliphatic rings. The Morgan fingerprint density at radius 1 is 1.16 bits per heavy atom. The molecule has 0 spiro atoms. The predicted molar refractivity (Wildman–Crippen MR) is 125 cm³/mol. The van der Waals surface area contributed by atoms with Crippen LogP contribution < -0.4 is 19.7 Å². The summed E-state index contributed by atoms with van der Waals surface area (Å²) >= 11 is 0. The second-order valence-electron chi connectivity index (χ2n) is 8.83. The molecule has 3 rings (SSSR count). The van der Waals surface area contributed by atoms with Gasteiger partial charge in [0.05, 0.1) is 23.7 Å². The number of alkyl halides is 3. The molecular weight excluding hydrogens is 522 g/mol. The Hall–Kier alpha value is -3.55. The number of ether oxygens (including phenoxy) is 2. The summed E-state index contributed by atoms with van der Waals surface area (Å²) in [6.07, 6.45) is -7.04. The zero-order valence-corrected chi connectivity index (χ0v) is 21.1. The summed E-state index contributed by atoms with van der Waals surface area (Å²) in [6.45, 7) is 3.76. The van der Waals surface area contributed by atoms with Gasteiger partial charge in [0, 0.05) is 12.6 Å². The molecular formula is C23H25F4N3O6S. The van der Waals surface area contributed by atoms with Crippen LogP contribution in [0.3, 0.4) is 0 Å². The Morgan fingerprint density at radius 3 is 2.43 bits per heavy atom. The van der Waals surface area contributed by atoms with Crippen LogP contribution in [0.2, 0.25) is 0 Å². The molecule has 2 N–H and O–H groups in total. The van der Waals surface area contributed by atoms with Crippen molar-refractivity contribution in [3.8, 4) is 5.75 Å². The number of carbonyl (C=O) groups is 2. The molecule has 0 aromatic heterocycles. The highest BCUT2D eigenvalue weighted by molar-refractivity contribution is 7.92. The van der Waals surface area contributed by atoms with Crippen LogP contribution in [-0.2, 0) is 19.6 Å². The van der Waals surface area contributed by atoms with E-state index >= 15 is 0 Å². The third kappa shape index (κ3) is 6.24. The van der Waals surface area contributed by atoms with Gasteiger partial charge in [0.2, 0.25) is 11.5 Å². The van der Waals surface area contributed by atoms with Crippen LogP contribution in [0.1, 0.15) is 26.3 Å². The number of nitrogens with zero attached hydrogens (tertiary/aromatic N) is 1. The van der Waals surface area contributed by atoms with E-state index in [1.54, 1.807) is 0 Å².